The number of pyridine rings is 1. The number of rotatable bonds is 11. The van der Waals surface area contributed by atoms with Gasteiger partial charge in [0.1, 0.15) is 11.6 Å². The van der Waals surface area contributed by atoms with Crippen molar-refractivity contribution in [3.05, 3.63) is 90.7 Å². The number of nitrogens with zero attached hydrogens (tertiary/aromatic N) is 2. The largest absolute Gasteiger partial charge is 0.494 e. The number of nitriles is 1. The summed E-state index contributed by atoms with van der Waals surface area (Å²) in [6.07, 6.45) is 5.37. The van der Waals surface area contributed by atoms with E-state index in [1.54, 1.807) is 24.3 Å². The van der Waals surface area contributed by atoms with Crippen molar-refractivity contribution in [2.24, 2.45) is 0 Å². The van der Waals surface area contributed by atoms with Crippen LogP contribution in [0, 0.1) is 18.3 Å². The van der Waals surface area contributed by atoms with Gasteiger partial charge in [0, 0.05) is 5.56 Å². The number of aromatic hydroxyl groups is 1. The zero-order chi connectivity index (χ0) is 26.2. The van der Waals surface area contributed by atoms with Crippen LogP contribution < -0.4 is 10.3 Å². The molecule has 1 heterocycles. The maximum atomic E-state index is 13.5. The summed E-state index contributed by atoms with van der Waals surface area (Å²) in [4.78, 5) is 26.4. The third kappa shape index (κ3) is 6.10. The molecule has 0 aliphatic heterocycles. The molecular formula is C28H28Cl2N2O4. The normalized spacial score (nSPS) is 10.8. The Morgan fingerprint density at radius 2 is 1.72 bits per heavy atom. The Morgan fingerprint density at radius 1 is 1.08 bits per heavy atom. The second kappa shape index (κ2) is 12.6. The molecule has 2 aromatic carbocycles. The third-order valence-corrected chi connectivity index (χ3v) is 6.53. The van der Waals surface area contributed by atoms with Crippen molar-refractivity contribution in [1.82, 2.24) is 4.57 Å². The van der Waals surface area contributed by atoms with E-state index in [4.69, 9.17) is 27.9 Å². The van der Waals surface area contributed by atoms with E-state index in [-0.39, 0.29) is 44.6 Å². The molecule has 3 rings (SSSR count). The summed E-state index contributed by atoms with van der Waals surface area (Å²) in [5, 5.41) is 20.9. The van der Waals surface area contributed by atoms with Crippen LogP contribution >= 0.6 is 23.2 Å². The Kier molecular flexibility index (Phi) is 9.58. The molecule has 0 spiro atoms. The van der Waals surface area contributed by atoms with E-state index in [0.29, 0.717) is 6.61 Å². The second-order valence-electron chi connectivity index (χ2n) is 8.55. The van der Waals surface area contributed by atoms with E-state index in [2.05, 4.69) is 6.92 Å². The monoisotopic (exact) mass is 526 g/mol. The van der Waals surface area contributed by atoms with Crippen LogP contribution in [0.3, 0.4) is 0 Å². The minimum Gasteiger partial charge on any atom is -0.494 e. The predicted octanol–water partition coefficient (Wildman–Crippen LogP) is 6.67. The SMILES string of the molecule is CCCCCCCOc1c(Cl)cc(C(=O)c2c(C)c(C#N)c(=O)n(Cc3ccccc3)c2O)cc1Cl. The van der Waals surface area contributed by atoms with Gasteiger partial charge in [-0.2, -0.15) is 5.26 Å². The van der Waals surface area contributed by atoms with Crippen molar-refractivity contribution < 1.29 is 14.6 Å². The first-order valence-electron chi connectivity index (χ1n) is 11.9. The zero-order valence-corrected chi connectivity index (χ0v) is 21.8. The Morgan fingerprint density at radius 3 is 2.33 bits per heavy atom. The quantitative estimate of drug-likeness (QED) is 0.222. The van der Waals surface area contributed by atoms with Gasteiger partial charge in [0.05, 0.1) is 28.8 Å². The summed E-state index contributed by atoms with van der Waals surface area (Å²) in [6.45, 7) is 4.05. The molecule has 0 aliphatic rings. The molecule has 0 saturated carbocycles. The second-order valence-corrected chi connectivity index (χ2v) is 9.36. The summed E-state index contributed by atoms with van der Waals surface area (Å²) in [7, 11) is 0. The van der Waals surface area contributed by atoms with Crippen LogP contribution in [-0.4, -0.2) is 22.1 Å². The number of unbranched alkanes of at least 4 members (excludes halogenated alkanes) is 4. The first-order chi connectivity index (χ1) is 17.3. The molecule has 188 valence electrons. The number of carbonyl (C=O) groups is 1. The van der Waals surface area contributed by atoms with Gasteiger partial charge in [0.15, 0.2) is 11.5 Å². The van der Waals surface area contributed by atoms with E-state index in [0.717, 1.165) is 35.8 Å². The molecule has 0 amide bonds. The Hall–Kier alpha value is -3.27. The summed E-state index contributed by atoms with van der Waals surface area (Å²) >= 11 is 12.8. The number of hydrogen-bond acceptors (Lipinski definition) is 5. The molecule has 0 unspecified atom stereocenters. The molecule has 3 aromatic rings. The van der Waals surface area contributed by atoms with E-state index >= 15 is 0 Å². The van der Waals surface area contributed by atoms with Gasteiger partial charge in [-0.25, -0.2) is 0 Å². The number of carbonyl (C=O) groups excluding carboxylic acids is 1. The molecular weight excluding hydrogens is 499 g/mol. The van der Waals surface area contributed by atoms with E-state index in [9.17, 15) is 20.0 Å². The fraction of sp³-hybridized carbons (Fsp3) is 0.321. The van der Waals surface area contributed by atoms with E-state index in [1.165, 1.54) is 25.5 Å². The van der Waals surface area contributed by atoms with Crippen LogP contribution in [0.4, 0.5) is 0 Å². The lowest BCUT2D eigenvalue weighted by Crippen LogP contribution is -2.27. The van der Waals surface area contributed by atoms with Gasteiger partial charge >= 0.3 is 0 Å². The van der Waals surface area contributed by atoms with Gasteiger partial charge in [-0.3, -0.25) is 14.2 Å². The van der Waals surface area contributed by atoms with Gasteiger partial charge in [0.25, 0.3) is 5.56 Å². The molecule has 0 fully saturated rings. The fourth-order valence-electron chi connectivity index (χ4n) is 3.99. The molecule has 0 aliphatic carbocycles. The molecule has 1 aromatic heterocycles. The molecule has 8 heteroatoms. The lowest BCUT2D eigenvalue weighted by molar-refractivity contribution is 0.103. The third-order valence-electron chi connectivity index (χ3n) is 5.97. The summed E-state index contributed by atoms with van der Waals surface area (Å²) < 4.78 is 6.78. The lowest BCUT2D eigenvalue weighted by atomic mass is 9.97. The van der Waals surface area contributed by atoms with Crippen LogP contribution in [0.5, 0.6) is 11.6 Å². The molecule has 0 bridgehead atoms. The molecule has 0 atom stereocenters. The maximum absolute atomic E-state index is 13.5. The van der Waals surface area contributed by atoms with Crippen LogP contribution in [0.2, 0.25) is 10.0 Å². The van der Waals surface area contributed by atoms with Crippen LogP contribution in [0.1, 0.15) is 71.6 Å². The first-order valence-corrected chi connectivity index (χ1v) is 12.6. The van der Waals surface area contributed by atoms with E-state index in [1.807, 2.05) is 12.1 Å². The molecule has 0 saturated heterocycles. The average Bonchev–Trinajstić information content (AvgIpc) is 2.86. The van der Waals surface area contributed by atoms with E-state index < -0.39 is 17.2 Å². The van der Waals surface area contributed by atoms with Crippen molar-refractivity contribution in [3.8, 4) is 17.7 Å². The van der Waals surface area contributed by atoms with Gasteiger partial charge < -0.3 is 9.84 Å². The Balaban J connectivity index is 1.95. The maximum Gasteiger partial charge on any atom is 0.271 e. The van der Waals surface area contributed by atoms with Crippen LogP contribution in [0.15, 0.2) is 47.3 Å². The topological polar surface area (TPSA) is 92.3 Å². The number of aromatic nitrogens is 1. The van der Waals surface area contributed by atoms with Crippen LogP contribution in [0.25, 0.3) is 0 Å². The lowest BCUT2D eigenvalue weighted by Gasteiger charge is -2.16. The molecule has 6 nitrogen and oxygen atoms in total. The number of ketones is 1. The average molecular weight is 527 g/mol. The first kappa shape index (κ1) is 27.3. The Bertz CT molecular complexity index is 1320. The van der Waals surface area contributed by atoms with Crippen molar-refractivity contribution in [2.45, 2.75) is 52.5 Å². The standard InChI is InChI=1S/C28H28Cl2N2O4/c1-3-4-5-6-10-13-36-26-22(29)14-20(15-23(26)30)25(33)24-18(2)21(16-31)27(34)32(28(24)35)17-19-11-8-7-9-12-19/h7-9,11-12,14-15,35H,3-6,10,13,17H2,1-2H3. The van der Waals surface area contributed by atoms with Crippen molar-refractivity contribution in [2.75, 3.05) is 6.61 Å². The van der Waals surface area contributed by atoms with Gasteiger partial charge in [0.2, 0.25) is 5.88 Å². The highest BCUT2D eigenvalue weighted by Crippen LogP contribution is 2.36. The zero-order valence-electron chi connectivity index (χ0n) is 20.3. The highest BCUT2D eigenvalue weighted by molar-refractivity contribution is 6.38. The predicted molar refractivity (Wildman–Crippen MR) is 142 cm³/mol. The molecule has 0 radical (unpaired) electrons. The fourth-order valence-corrected chi connectivity index (χ4v) is 4.58. The minimum absolute atomic E-state index is 0.00665. The van der Waals surface area contributed by atoms with Gasteiger partial charge in [-0.15, -0.1) is 0 Å². The van der Waals surface area contributed by atoms with Gasteiger partial charge in [-0.1, -0.05) is 86.1 Å². The van der Waals surface area contributed by atoms with Crippen molar-refractivity contribution in [1.29, 1.82) is 5.26 Å². The molecule has 36 heavy (non-hydrogen) atoms. The summed E-state index contributed by atoms with van der Waals surface area (Å²) in [6, 6.07) is 13.7. The van der Waals surface area contributed by atoms with Crippen molar-refractivity contribution in [3.63, 3.8) is 0 Å². The minimum atomic E-state index is -0.674. The van der Waals surface area contributed by atoms with Crippen molar-refractivity contribution >= 4 is 29.0 Å². The molecule has 1 N–H and O–H groups in total. The Labute approximate surface area is 220 Å². The van der Waals surface area contributed by atoms with Crippen LogP contribution in [-0.2, 0) is 6.54 Å². The number of benzene rings is 2. The number of hydrogen-bond donors (Lipinski definition) is 1. The summed E-state index contributed by atoms with van der Waals surface area (Å²) in [5.74, 6) is -0.846. The number of ether oxygens (including phenoxy) is 1. The highest BCUT2D eigenvalue weighted by atomic mass is 35.5. The highest BCUT2D eigenvalue weighted by Gasteiger charge is 2.26. The summed E-state index contributed by atoms with van der Waals surface area (Å²) in [5.41, 5.74) is -0.123. The van der Waals surface area contributed by atoms with Gasteiger partial charge in [-0.05, 0) is 36.6 Å². The number of halogens is 2. The smallest absolute Gasteiger partial charge is 0.271 e.